The summed E-state index contributed by atoms with van der Waals surface area (Å²) < 4.78 is 2.82. The van der Waals surface area contributed by atoms with Crippen LogP contribution in [0.25, 0.3) is 22.6 Å². The molecule has 172 valence electrons. The summed E-state index contributed by atoms with van der Waals surface area (Å²) in [5, 5.41) is 13.4. The van der Waals surface area contributed by atoms with Gasteiger partial charge in [0.15, 0.2) is 5.65 Å². The van der Waals surface area contributed by atoms with Crippen LogP contribution in [0.1, 0.15) is 38.4 Å². The van der Waals surface area contributed by atoms with Gasteiger partial charge in [-0.15, -0.1) is 0 Å². The average molecular weight is 449 g/mol. The molecule has 0 radical (unpaired) electrons. The zero-order valence-corrected chi connectivity index (χ0v) is 18.8. The summed E-state index contributed by atoms with van der Waals surface area (Å²) in [5.74, 6) is 1.09. The molecule has 0 saturated carbocycles. The van der Waals surface area contributed by atoms with E-state index in [0.717, 1.165) is 12.0 Å². The molecule has 9 heteroatoms. The number of H-pyrrole nitrogens is 1. The number of nitrogens with one attached hydrogen (secondary N) is 2. The number of anilines is 1. The third kappa shape index (κ3) is 4.58. The van der Waals surface area contributed by atoms with Crippen LogP contribution in [0.5, 0.6) is 0 Å². The van der Waals surface area contributed by atoms with Crippen molar-refractivity contribution in [3.8, 4) is 11.4 Å². The molecule has 0 fully saturated rings. The minimum absolute atomic E-state index is 0.319. The lowest BCUT2D eigenvalue weighted by molar-refractivity contribution is 0.191. The highest BCUT2D eigenvalue weighted by Crippen LogP contribution is 2.20. The lowest BCUT2D eigenvalue weighted by atomic mass is 10.1. The van der Waals surface area contributed by atoms with E-state index in [9.17, 15) is 14.7 Å². The van der Waals surface area contributed by atoms with Gasteiger partial charge >= 0.3 is 5.69 Å². The molecular weight excluding hydrogens is 420 g/mol. The molecule has 0 bridgehead atoms. The van der Waals surface area contributed by atoms with Crippen LogP contribution in [0.3, 0.4) is 0 Å². The van der Waals surface area contributed by atoms with Gasteiger partial charge in [0, 0.05) is 31.4 Å². The maximum Gasteiger partial charge on any atom is 0.332 e. The van der Waals surface area contributed by atoms with Gasteiger partial charge in [0.1, 0.15) is 17.2 Å². The number of nitrogens with zero attached hydrogens (tertiary/aromatic N) is 4. The molecule has 0 saturated heterocycles. The molecule has 3 aromatic heterocycles. The number of hydrogen-bond acceptors (Lipinski definition) is 6. The van der Waals surface area contributed by atoms with Crippen molar-refractivity contribution in [2.45, 2.75) is 45.9 Å². The van der Waals surface area contributed by atoms with Gasteiger partial charge in [-0.3, -0.25) is 13.9 Å². The summed E-state index contributed by atoms with van der Waals surface area (Å²) >= 11 is 0. The normalized spacial score (nSPS) is 12.2. The van der Waals surface area contributed by atoms with Crippen molar-refractivity contribution >= 4 is 17.0 Å². The quantitative estimate of drug-likeness (QED) is 0.362. The van der Waals surface area contributed by atoms with Gasteiger partial charge in [0.05, 0.1) is 6.10 Å². The van der Waals surface area contributed by atoms with Crippen LogP contribution in [0.15, 0.2) is 58.3 Å². The number of aryl methyl sites for hydroxylation is 1. The van der Waals surface area contributed by atoms with Crippen LogP contribution in [0, 0.1) is 0 Å². The summed E-state index contributed by atoms with van der Waals surface area (Å²) in [6.07, 6.45) is 2.43. The summed E-state index contributed by atoms with van der Waals surface area (Å²) in [4.78, 5) is 37.8. The molecule has 4 rings (SSSR count). The number of imidazole rings is 1. The third-order valence-corrected chi connectivity index (χ3v) is 5.45. The molecule has 0 spiro atoms. The summed E-state index contributed by atoms with van der Waals surface area (Å²) in [6, 6.07) is 13.0. The maximum absolute atomic E-state index is 12.9. The Morgan fingerprint density at radius 3 is 2.42 bits per heavy atom. The topological polar surface area (TPSA) is 118 Å². The molecule has 1 aromatic carbocycles. The monoisotopic (exact) mass is 448 g/mol. The van der Waals surface area contributed by atoms with Crippen molar-refractivity contribution in [3.05, 3.63) is 75.1 Å². The number of aromatic amines is 1. The van der Waals surface area contributed by atoms with Gasteiger partial charge in [-0.2, -0.15) is 0 Å². The number of pyridine rings is 1. The van der Waals surface area contributed by atoms with Crippen LogP contribution in [0.4, 0.5) is 5.82 Å². The highest BCUT2D eigenvalue weighted by molar-refractivity contribution is 5.75. The Balaban J connectivity index is 1.60. The second-order valence-corrected chi connectivity index (χ2v) is 7.91. The number of aromatic nitrogens is 5. The van der Waals surface area contributed by atoms with Gasteiger partial charge in [0.25, 0.3) is 5.56 Å². The number of hydrogen-bond donors (Lipinski definition) is 3. The minimum atomic E-state index is -0.649. The first-order valence-electron chi connectivity index (χ1n) is 11.2. The Morgan fingerprint density at radius 2 is 1.76 bits per heavy atom. The fourth-order valence-electron chi connectivity index (χ4n) is 3.78. The molecule has 1 unspecified atom stereocenters. The Hall–Kier alpha value is -3.72. The molecule has 9 nitrogen and oxygen atoms in total. The van der Waals surface area contributed by atoms with Crippen LogP contribution in [-0.2, 0) is 13.1 Å². The van der Waals surface area contributed by atoms with Gasteiger partial charge in [-0.25, -0.2) is 14.8 Å². The van der Waals surface area contributed by atoms with E-state index in [2.05, 4.69) is 20.3 Å². The Bertz CT molecular complexity index is 1340. The highest BCUT2D eigenvalue weighted by Gasteiger charge is 2.17. The van der Waals surface area contributed by atoms with Crippen LogP contribution >= 0.6 is 0 Å². The molecule has 1 atom stereocenters. The largest absolute Gasteiger partial charge is 0.387 e. The Morgan fingerprint density at radius 1 is 1.03 bits per heavy atom. The summed E-state index contributed by atoms with van der Waals surface area (Å²) in [7, 11) is 0. The Labute approximate surface area is 190 Å². The van der Waals surface area contributed by atoms with Crippen molar-refractivity contribution in [3.63, 3.8) is 0 Å². The highest BCUT2D eigenvalue weighted by atomic mass is 16.3. The minimum Gasteiger partial charge on any atom is -0.387 e. The van der Waals surface area contributed by atoms with Gasteiger partial charge in [-0.1, -0.05) is 44.2 Å². The second kappa shape index (κ2) is 9.83. The van der Waals surface area contributed by atoms with E-state index in [0.29, 0.717) is 54.4 Å². The summed E-state index contributed by atoms with van der Waals surface area (Å²) in [6.45, 7) is 5.07. The molecule has 0 aliphatic rings. The van der Waals surface area contributed by atoms with E-state index < -0.39 is 6.10 Å². The number of aliphatic hydroxyl groups excluding tert-OH is 1. The standard InChI is InChI=1S/C24H28N6O3/c1-3-12-29-22-20(23(32)30(13-4-2)24(29)33)27-21(28-22)17-10-11-19(25-14-17)26-15-18(31)16-8-6-5-7-9-16/h5-11,14,18,31H,3-4,12-13,15H2,1-2H3,(H,25,26)(H,27,28). The van der Waals surface area contributed by atoms with Crippen molar-refractivity contribution in [2.24, 2.45) is 0 Å². The predicted octanol–water partition coefficient (Wildman–Crippen LogP) is 2.91. The Kier molecular flexibility index (Phi) is 6.69. The predicted molar refractivity (Wildman–Crippen MR) is 128 cm³/mol. The molecule has 3 N–H and O–H groups in total. The van der Waals surface area contributed by atoms with Gasteiger partial charge in [0.2, 0.25) is 0 Å². The van der Waals surface area contributed by atoms with Gasteiger partial charge < -0.3 is 15.4 Å². The van der Waals surface area contributed by atoms with E-state index in [1.54, 1.807) is 16.8 Å². The first-order chi connectivity index (χ1) is 16.0. The lowest BCUT2D eigenvalue weighted by Gasteiger charge is -2.12. The van der Waals surface area contributed by atoms with Crippen LogP contribution in [0.2, 0.25) is 0 Å². The zero-order valence-electron chi connectivity index (χ0n) is 18.8. The van der Waals surface area contributed by atoms with E-state index in [1.807, 2.05) is 50.2 Å². The third-order valence-electron chi connectivity index (χ3n) is 5.45. The van der Waals surface area contributed by atoms with Crippen molar-refractivity contribution < 1.29 is 5.11 Å². The molecule has 3 heterocycles. The average Bonchev–Trinajstić information content (AvgIpc) is 3.29. The second-order valence-electron chi connectivity index (χ2n) is 7.91. The van der Waals surface area contributed by atoms with Crippen molar-refractivity contribution in [2.75, 3.05) is 11.9 Å². The molecule has 0 aliphatic heterocycles. The van der Waals surface area contributed by atoms with E-state index in [-0.39, 0.29) is 11.2 Å². The van der Waals surface area contributed by atoms with Crippen molar-refractivity contribution in [1.82, 2.24) is 24.1 Å². The summed E-state index contributed by atoms with van der Waals surface area (Å²) in [5.41, 5.74) is 1.52. The first-order valence-corrected chi connectivity index (χ1v) is 11.2. The van der Waals surface area contributed by atoms with E-state index in [1.165, 1.54) is 4.57 Å². The number of benzene rings is 1. The fourth-order valence-corrected chi connectivity index (χ4v) is 3.78. The molecule has 33 heavy (non-hydrogen) atoms. The van der Waals surface area contributed by atoms with Crippen LogP contribution in [-0.4, -0.2) is 35.7 Å². The van der Waals surface area contributed by atoms with E-state index in [4.69, 9.17) is 0 Å². The van der Waals surface area contributed by atoms with Gasteiger partial charge in [-0.05, 0) is 30.5 Å². The fraction of sp³-hybridized carbons (Fsp3) is 0.333. The first kappa shape index (κ1) is 22.5. The van der Waals surface area contributed by atoms with Crippen LogP contribution < -0.4 is 16.6 Å². The van der Waals surface area contributed by atoms with Crippen molar-refractivity contribution in [1.29, 1.82) is 0 Å². The number of fused-ring (bicyclic) bond motifs is 1. The van der Waals surface area contributed by atoms with E-state index >= 15 is 0 Å². The molecule has 0 aliphatic carbocycles. The number of rotatable bonds is 9. The number of aliphatic hydroxyl groups is 1. The molecular formula is C24H28N6O3. The smallest absolute Gasteiger partial charge is 0.332 e. The maximum atomic E-state index is 12.9. The zero-order chi connectivity index (χ0) is 23.4. The molecule has 4 aromatic rings. The lowest BCUT2D eigenvalue weighted by Crippen LogP contribution is -2.40. The SMILES string of the molecule is CCCn1c(=O)c2[nH]c(-c3ccc(NCC(O)c4ccccc4)nc3)nc2n(CCC)c1=O. The molecule has 0 amide bonds.